The van der Waals surface area contributed by atoms with Gasteiger partial charge in [0.05, 0.1) is 17.4 Å². The fraction of sp³-hybridized carbons (Fsp3) is 0.278. The number of hydrogen-bond acceptors (Lipinski definition) is 2. The van der Waals surface area contributed by atoms with Crippen LogP contribution in [0.25, 0.3) is 11.3 Å². The lowest BCUT2D eigenvalue weighted by atomic mass is 10.1. The molecule has 3 rings (SSSR count). The minimum absolute atomic E-state index is 0.0574. The van der Waals surface area contributed by atoms with E-state index in [9.17, 15) is 0 Å². The summed E-state index contributed by atoms with van der Waals surface area (Å²) in [4.78, 5) is 7.62. The molecule has 0 amide bonds. The van der Waals surface area contributed by atoms with Gasteiger partial charge in [-0.15, -0.1) is 11.6 Å². The summed E-state index contributed by atoms with van der Waals surface area (Å²) in [6.07, 6.45) is 1.76. The second-order valence-electron chi connectivity index (χ2n) is 5.62. The second-order valence-corrected chi connectivity index (χ2v) is 6.27. The number of H-pyrrole nitrogens is 1. The van der Waals surface area contributed by atoms with E-state index in [1.807, 2.05) is 6.92 Å². The van der Waals surface area contributed by atoms with Gasteiger partial charge in [-0.2, -0.15) is 0 Å². The summed E-state index contributed by atoms with van der Waals surface area (Å²) >= 11 is 6.07. The Morgan fingerprint density at radius 1 is 1.14 bits per heavy atom. The highest BCUT2D eigenvalue weighted by Gasteiger charge is 2.12. The van der Waals surface area contributed by atoms with Gasteiger partial charge in [-0.05, 0) is 36.6 Å². The van der Waals surface area contributed by atoms with Crippen molar-refractivity contribution in [3.05, 3.63) is 65.1 Å². The lowest BCUT2D eigenvalue weighted by Crippen LogP contribution is -2.15. The van der Waals surface area contributed by atoms with Gasteiger partial charge < -0.3 is 10.3 Å². The van der Waals surface area contributed by atoms with E-state index in [0.29, 0.717) is 0 Å². The Morgan fingerprint density at radius 2 is 1.91 bits per heavy atom. The van der Waals surface area contributed by atoms with Crippen LogP contribution >= 0.6 is 11.6 Å². The zero-order valence-corrected chi connectivity index (χ0v) is 13.6. The van der Waals surface area contributed by atoms with Crippen LogP contribution in [0.3, 0.4) is 0 Å². The number of rotatable bonds is 5. The summed E-state index contributed by atoms with van der Waals surface area (Å²) in [5, 5.41) is 3.54. The average molecular weight is 314 g/mol. The molecule has 0 saturated carbocycles. The molecule has 1 aromatic rings. The van der Waals surface area contributed by atoms with Crippen LogP contribution in [0.15, 0.2) is 42.7 Å². The Hall–Kier alpha value is -1.84. The van der Waals surface area contributed by atoms with Gasteiger partial charge >= 0.3 is 0 Å². The van der Waals surface area contributed by atoms with E-state index in [1.54, 1.807) is 6.33 Å². The van der Waals surface area contributed by atoms with Gasteiger partial charge in [-0.3, -0.25) is 0 Å². The first-order chi connectivity index (χ1) is 10.6. The van der Waals surface area contributed by atoms with Crippen molar-refractivity contribution in [2.75, 3.05) is 0 Å². The molecular formula is C18H20ClN3. The first kappa shape index (κ1) is 15.1. The molecule has 114 valence electrons. The van der Waals surface area contributed by atoms with Crippen molar-refractivity contribution in [1.82, 2.24) is 15.3 Å². The summed E-state index contributed by atoms with van der Waals surface area (Å²) in [5.74, 6) is 0. The Balaban J connectivity index is 1.64. The summed E-state index contributed by atoms with van der Waals surface area (Å²) < 4.78 is 0. The third kappa shape index (κ3) is 3.16. The normalized spacial score (nSPS) is 12.7. The molecule has 0 bridgehead atoms. The van der Waals surface area contributed by atoms with Crippen LogP contribution in [0.5, 0.6) is 0 Å². The molecule has 4 heteroatoms. The topological polar surface area (TPSA) is 40.7 Å². The van der Waals surface area contributed by atoms with Crippen LogP contribution < -0.4 is 5.32 Å². The first-order valence-corrected chi connectivity index (χ1v) is 7.94. The molecule has 1 aromatic carbocycles. The van der Waals surface area contributed by atoms with Gasteiger partial charge in [0.25, 0.3) is 0 Å². The smallest absolute Gasteiger partial charge is 0.0928 e. The maximum Gasteiger partial charge on any atom is 0.0928 e. The maximum absolute atomic E-state index is 6.07. The molecule has 1 unspecified atom stereocenters. The van der Waals surface area contributed by atoms with Crippen molar-refractivity contribution >= 4 is 11.6 Å². The standard InChI is InChI=1S/C18H20ClN3/c1-12-3-8-16-18(12)17(22-11-21-16)10-20-9-14-4-6-15(7-5-14)13(2)19/h3-8,11,13,20H,9-10H2,1-2H3,(H,21,22). The van der Waals surface area contributed by atoms with Crippen LogP contribution in [-0.2, 0) is 13.1 Å². The molecule has 3 nitrogen and oxygen atoms in total. The Kier molecular flexibility index (Phi) is 4.46. The van der Waals surface area contributed by atoms with E-state index < -0.39 is 0 Å². The second kappa shape index (κ2) is 6.51. The Labute approximate surface area is 136 Å². The highest BCUT2D eigenvalue weighted by Crippen LogP contribution is 2.27. The molecule has 0 fully saturated rings. The highest BCUT2D eigenvalue weighted by atomic mass is 35.5. The van der Waals surface area contributed by atoms with E-state index in [1.165, 1.54) is 22.4 Å². The van der Waals surface area contributed by atoms with E-state index in [-0.39, 0.29) is 5.38 Å². The number of hydrogen-bond donors (Lipinski definition) is 2. The van der Waals surface area contributed by atoms with Crippen LogP contribution in [0.2, 0.25) is 0 Å². The molecule has 1 heterocycles. The van der Waals surface area contributed by atoms with Gasteiger partial charge in [-0.1, -0.05) is 30.3 Å². The van der Waals surface area contributed by atoms with Crippen LogP contribution in [0.4, 0.5) is 0 Å². The van der Waals surface area contributed by atoms with Gasteiger partial charge in [-0.25, -0.2) is 4.98 Å². The number of aromatic amines is 1. The molecule has 0 saturated heterocycles. The maximum atomic E-state index is 6.07. The monoisotopic (exact) mass is 313 g/mol. The molecule has 0 spiro atoms. The molecule has 1 aliphatic heterocycles. The Morgan fingerprint density at radius 3 is 2.64 bits per heavy atom. The van der Waals surface area contributed by atoms with E-state index in [4.69, 9.17) is 11.6 Å². The van der Waals surface area contributed by atoms with E-state index >= 15 is 0 Å². The average Bonchev–Trinajstić information content (AvgIpc) is 2.90. The van der Waals surface area contributed by atoms with Crippen LogP contribution in [0, 0.1) is 6.92 Å². The number of aromatic nitrogens is 2. The predicted octanol–water partition coefficient (Wildman–Crippen LogP) is 4.41. The Bertz CT molecular complexity index is 716. The third-order valence-electron chi connectivity index (χ3n) is 3.96. The third-order valence-corrected chi connectivity index (χ3v) is 4.21. The summed E-state index contributed by atoms with van der Waals surface area (Å²) in [5.41, 5.74) is 7.12. The SMILES string of the molecule is Cc1ccc2nc[nH]c(CNCc3ccc(C(C)Cl)cc3)c1-2. The quantitative estimate of drug-likeness (QED) is 0.685. The van der Waals surface area contributed by atoms with Crippen molar-refractivity contribution in [2.24, 2.45) is 0 Å². The lowest BCUT2D eigenvalue weighted by molar-refractivity contribution is 0.678. The molecule has 2 N–H and O–H groups in total. The molecule has 1 atom stereocenters. The van der Waals surface area contributed by atoms with Crippen molar-refractivity contribution in [3.63, 3.8) is 0 Å². The largest absolute Gasteiger partial charge is 0.348 e. The van der Waals surface area contributed by atoms with Gasteiger partial charge in [0.1, 0.15) is 0 Å². The number of fused-ring (bicyclic) bond motifs is 1. The van der Waals surface area contributed by atoms with Crippen molar-refractivity contribution < 1.29 is 0 Å². The number of alkyl halides is 1. The molecule has 0 aromatic heterocycles. The zero-order valence-electron chi connectivity index (χ0n) is 12.9. The summed E-state index contributed by atoms with van der Waals surface area (Å²) in [6.45, 7) is 5.72. The molecular weight excluding hydrogens is 294 g/mol. The van der Waals surface area contributed by atoms with Crippen molar-refractivity contribution in [3.8, 4) is 11.3 Å². The summed E-state index contributed by atoms with van der Waals surface area (Å²) in [7, 11) is 0. The van der Waals surface area contributed by atoms with Gasteiger partial charge in [0, 0.05) is 24.3 Å². The minimum atomic E-state index is 0.0574. The van der Waals surface area contributed by atoms with Crippen molar-refractivity contribution in [2.45, 2.75) is 32.3 Å². The number of benzene rings is 1. The fourth-order valence-corrected chi connectivity index (χ4v) is 2.84. The van der Waals surface area contributed by atoms with Crippen LogP contribution in [0.1, 0.15) is 34.7 Å². The molecule has 1 aliphatic carbocycles. The van der Waals surface area contributed by atoms with E-state index in [2.05, 4.69) is 58.6 Å². The number of nitrogens with zero attached hydrogens (tertiary/aromatic N) is 1. The van der Waals surface area contributed by atoms with Gasteiger partial charge in [0.15, 0.2) is 0 Å². The van der Waals surface area contributed by atoms with Crippen molar-refractivity contribution in [1.29, 1.82) is 0 Å². The number of aryl methyl sites for hydroxylation is 1. The highest BCUT2D eigenvalue weighted by molar-refractivity contribution is 6.20. The summed E-state index contributed by atoms with van der Waals surface area (Å²) in [6, 6.07) is 12.6. The van der Waals surface area contributed by atoms with Gasteiger partial charge in [0.2, 0.25) is 0 Å². The first-order valence-electron chi connectivity index (χ1n) is 7.50. The molecule has 22 heavy (non-hydrogen) atoms. The minimum Gasteiger partial charge on any atom is -0.348 e. The van der Waals surface area contributed by atoms with Crippen LogP contribution in [-0.4, -0.2) is 9.97 Å². The number of halogens is 1. The lowest BCUT2D eigenvalue weighted by Gasteiger charge is -2.11. The predicted molar refractivity (Wildman–Crippen MR) is 91.2 cm³/mol. The number of nitrogens with one attached hydrogen (secondary N) is 2. The molecule has 0 radical (unpaired) electrons. The fourth-order valence-electron chi connectivity index (χ4n) is 2.70. The molecule has 2 aliphatic rings. The zero-order chi connectivity index (χ0) is 15.5. The van der Waals surface area contributed by atoms with E-state index in [0.717, 1.165) is 24.3 Å².